The van der Waals surface area contributed by atoms with Crippen LogP contribution in [0.5, 0.6) is 0 Å². The molecule has 0 bridgehead atoms. The summed E-state index contributed by atoms with van der Waals surface area (Å²) in [6, 6.07) is 6.17. The number of nitrogens with zero attached hydrogens (tertiary/aromatic N) is 1. The molecule has 0 spiro atoms. The first kappa shape index (κ1) is 19.2. The van der Waals surface area contributed by atoms with Crippen LogP contribution < -0.4 is 5.32 Å². The van der Waals surface area contributed by atoms with Crippen LogP contribution in [0.4, 0.5) is 4.79 Å². The molecule has 1 unspecified atom stereocenters. The first-order valence-electron chi connectivity index (χ1n) is 9.55. The van der Waals surface area contributed by atoms with Crippen molar-refractivity contribution in [2.24, 2.45) is 0 Å². The van der Waals surface area contributed by atoms with Crippen molar-refractivity contribution in [2.45, 2.75) is 63.2 Å². The third-order valence-electron chi connectivity index (χ3n) is 6.25. The average molecular weight is 379 g/mol. The van der Waals surface area contributed by atoms with Crippen LogP contribution >= 0.6 is 0 Å². The molecule has 1 aromatic rings. The molecular weight excluding hydrogens is 348 g/mol. The normalized spacial score (nSPS) is 22.6. The molecule has 3 rings (SSSR count). The second-order valence-corrected chi connectivity index (χ2v) is 10.4. The maximum atomic E-state index is 12.9. The van der Waals surface area contributed by atoms with Crippen molar-refractivity contribution in [1.82, 2.24) is 10.2 Å². The van der Waals surface area contributed by atoms with Crippen LogP contribution in [0.25, 0.3) is 0 Å². The molecule has 2 aliphatic rings. The molecule has 2 amide bonds. The van der Waals surface area contributed by atoms with Gasteiger partial charge in [-0.15, -0.1) is 0 Å². The molecule has 1 heterocycles. The fourth-order valence-corrected chi connectivity index (χ4v) is 6.06. The maximum Gasteiger partial charge on any atom is 0.317 e. The molecule has 1 saturated carbocycles. The lowest BCUT2D eigenvalue weighted by molar-refractivity contribution is 0.191. The van der Waals surface area contributed by atoms with Gasteiger partial charge >= 0.3 is 6.03 Å². The summed E-state index contributed by atoms with van der Waals surface area (Å²) in [6.45, 7) is 5.12. The molecule has 26 heavy (non-hydrogen) atoms. The lowest BCUT2D eigenvalue weighted by Crippen LogP contribution is -2.50. The summed E-state index contributed by atoms with van der Waals surface area (Å²) >= 11 is 0. The number of aryl methyl sites for hydroxylation is 2. The predicted octanol–water partition coefficient (Wildman–Crippen LogP) is 3.51. The Kier molecular flexibility index (Phi) is 5.33. The van der Waals surface area contributed by atoms with Crippen molar-refractivity contribution in [3.05, 3.63) is 34.9 Å². The number of urea groups is 1. The second kappa shape index (κ2) is 7.22. The van der Waals surface area contributed by atoms with E-state index in [0.717, 1.165) is 32.2 Å². The lowest BCUT2D eigenvalue weighted by Gasteiger charge is -2.31. The van der Waals surface area contributed by atoms with Crippen LogP contribution in [-0.4, -0.2) is 43.4 Å². The Morgan fingerprint density at radius 3 is 2.38 bits per heavy atom. The standard InChI is InChI=1S/C20H30N2O3S/c1-15-8-6-9-16(2)18(15)17-10-7-13-22(17)19(23)21-14-20(26(3,24)25)11-4-5-12-20/h6,8-9,17H,4-5,7,10-14H2,1-3H3,(H,21,23). The molecule has 5 nitrogen and oxygen atoms in total. The summed E-state index contributed by atoms with van der Waals surface area (Å²) in [4.78, 5) is 14.8. The Bertz CT molecular complexity index is 762. The number of carbonyl (C=O) groups excluding carboxylic acids is 1. The van der Waals surface area contributed by atoms with Crippen LogP contribution in [0.1, 0.15) is 61.3 Å². The van der Waals surface area contributed by atoms with Gasteiger partial charge < -0.3 is 10.2 Å². The fraction of sp³-hybridized carbons (Fsp3) is 0.650. The highest BCUT2D eigenvalue weighted by Crippen LogP contribution is 2.37. The van der Waals surface area contributed by atoms with Crippen molar-refractivity contribution in [3.8, 4) is 0 Å². The van der Waals surface area contributed by atoms with Gasteiger partial charge in [0.15, 0.2) is 9.84 Å². The van der Waals surface area contributed by atoms with E-state index < -0.39 is 14.6 Å². The number of benzene rings is 1. The lowest BCUT2D eigenvalue weighted by atomic mass is 9.94. The molecule has 0 radical (unpaired) electrons. The SMILES string of the molecule is Cc1cccc(C)c1C1CCCN1C(=O)NCC1(S(C)(=O)=O)CCCC1. The van der Waals surface area contributed by atoms with E-state index in [1.807, 2.05) is 11.0 Å². The molecule has 6 heteroatoms. The number of hydrogen-bond donors (Lipinski definition) is 1. The van der Waals surface area contributed by atoms with E-state index in [1.54, 1.807) is 0 Å². The van der Waals surface area contributed by atoms with Gasteiger partial charge in [-0.1, -0.05) is 31.0 Å². The fourth-order valence-electron chi connectivity index (χ4n) is 4.70. The Morgan fingerprint density at radius 2 is 1.81 bits per heavy atom. The second-order valence-electron chi connectivity index (χ2n) is 7.98. The van der Waals surface area contributed by atoms with Crippen molar-refractivity contribution in [2.75, 3.05) is 19.3 Å². The zero-order valence-electron chi connectivity index (χ0n) is 16.0. The number of sulfone groups is 1. The Morgan fingerprint density at radius 1 is 1.19 bits per heavy atom. The van der Waals surface area contributed by atoms with Gasteiger partial charge in [0.25, 0.3) is 0 Å². The zero-order chi connectivity index (χ0) is 18.9. The van der Waals surface area contributed by atoms with Crippen LogP contribution in [0.15, 0.2) is 18.2 Å². The molecule has 1 aliphatic carbocycles. The first-order valence-corrected chi connectivity index (χ1v) is 11.4. The van der Waals surface area contributed by atoms with E-state index in [1.165, 1.54) is 22.9 Å². The molecule has 144 valence electrons. The predicted molar refractivity (Wildman–Crippen MR) is 104 cm³/mol. The van der Waals surface area contributed by atoms with E-state index in [0.29, 0.717) is 12.8 Å². The summed E-state index contributed by atoms with van der Waals surface area (Å²) in [5, 5.41) is 2.96. The third-order valence-corrected chi connectivity index (χ3v) is 8.38. The van der Waals surface area contributed by atoms with Crippen molar-refractivity contribution < 1.29 is 13.2 Å². The quantitative estimate of drug-likeness (QED) is 0.872. The van der Waals surface area contributed by atoms with E-state index in [9.17, 15) is 13.2 Å². The van der Waals surface area contributed by atoms with Gasteiger partial charge in [0.2, 0.25) is 0 Å². The number of amides is 2. The van der Waals surface area contributed by atoms with E-state index >= 15 is 0 Å². The molecule has 1 aromatic carbocycles. The minimum absolute atomic E-state index is 0.0777. The van der Waals surface area contributed by atoms with Gasteiger partial charge in [0.1, 0.15) is 0 Å². The molecule has 1 saturated heterocycles. The zero-order valence-corrected chi connectivity index (χ0v) is 16.9. The smallest absolute Gasteiger partial charge is 0.317 e. The monoisotopic (exact) mass is 378 g/mol. The van der Waals surface area contributed by atoms with Gasteiger partial charge in [-0.25, -0.2) is 13.2 Å². The molecule has 1 aliphatic heterocycles. The average Bonchev–Trinajstić information content (AvgIpc) is 3.22. The van der Waals surface area contributed by atoms with E-state index in [2.05, 4.69) is 31.3 Å². The maximum absolute atomic E-state index is 12.9. The Labute approximate surface area is 157 Å². The third kappa shape index (κ3) is 3.48. The molecule has 2 fully saturated rings. The molecule has 1 N–H and O–H groups in total. The highest BCUT2D eigenvalue weighted by molar-refractivity contribution is 7.92. The van der Waals surface area contributed by atoms with Crippen molar-refractivity contribution in [3.63, 3.8) is 0 Å². The summed E-state index contributed by atoms with van der Waals surface area (Å²) in [7, 11) is -3.20. The van der Waals surface area contributed by atoms with Crippen LogP contribution in [0, 0.1) is 13.8 Å². The summed E-state index contributed by atoms with van der Waals surface area (Å²) < 4.78 is 23.8. The first-order chi connectivity index (χ1) is 12.3. The van der Waals surface area contributed by atoms with Gasteiger partial charge in [-0.2, -0.15) is 0 Å². The number of rotatable bonds is 4. The number of nitrogens with one attached hydrogen (secondary N) is 1. The highest BCUT2D eigenvalue weighted by atomic mass is 32.2. The Hall–Kier alpha value is -1.56. The van der Waals surface area contributed by atoms with E-state index in [-0.39, 0.29) is 18.6 Å². The summed E-state index contributed by atoms with van der Waals surface area (Å²) in [6.07, 6.45) is 6.35. The van der Waals surface area contributed by atoms with Gasteiger partial charge in [-0.3, -0.25) is 0 Å². The van der Waals surface area contributed by atoms with Crippen LogP contribution in [-0.2, 0) is 9.84 Å². The van der Waals surface area contributed by atoms with Crippen LogP contribution in [0.2, 0.25) is 0 Å². The van der Waals surface area contributed by atoms with Gasteiger partial charge in [-0.05, 0) is 56.2 Å². The van der Waals surface area contributed by atoms with E-state index in [4.69, 9.17) is 0 Å². The molecule has 1 atom stereocenters. The largest absolute Gasteiger partial charge is 0.336 e. The number of carbonyl (C=O) groups is 1. The Balaban J connectivity index is 1.75. The minimum atomic E-state index is -3.20. The topological polar surface area (TPSA) is 66.5 Å². The van der Waals surface area contributed by atoms with Crippen LogP contribution in [0.3, 0.4) is 0 Å². The van der Waals surface area contributed by atoms with Gasteiger partial charge in [0, 0.05) is 19.3 Å². The summed E-state index contributed by atoms with van der Waals surface area (Å²) in [5.74, 6) is 0. The molecular formula is C20H30N2O3S. The van der Waals surface area contributed by atoms with Crippen molar-refractivity contribution in [1.29, 1.82) is 0 Å². The number of hydrogen-bond acceptors (Lipinski definition) is 3. The summed E-state index contributed by atoms with van der Waals surface area (Å²) in [5.41, 5.74) is 3.65. The molecule has 0 aromatic heterocycles. The minimum Gasteiger partial charge on any atom is -0.336 e. The number of likely N-dealkylation sites (tertiary alicyclic amines) is 1. The van der Waals surface area contributed by atoms with Gasteiger partial charge in [0.05, 0.1) is 10.8 Å². The van der Waals surface area contributed by atoms with Crippen molar-refractivity contribution >= 4 is 15.9 Å². The highest BCUT2D eigenvalue weighted by Gasteiger charge is 2.44.